The Morgan fingerprint density at radius 2 is 2.29 bits per heavy atom. The van der Waals surface area contributed by atoms with Crippen LogP contribution in [-0.2, 0) is 17.9 Å². The molecule has 1 heterocycles. The third-order valence-electron chi connectivity index (χ3n) is 2.44. The van der Waals surface area contributed by atoms with Crippen LogP contribution in [0.2, 0.25) is 0 Å². The maximum absolute atomic E-state index is 5.63. The Balaban J connectivity index is 2.18. The van der Waals surface area contributed by atoms with Gasteiger partial charge in [0.15, 0.2) is 0 Å². The van der Waals surface area contributed by atoms with E-state index in [1.165, 1.54) is 0 Å². The molecular formula is C13H16N2OS. The number of aromatic nitrogens is 1. The van der Waals surface area contributed by atoms with E-state index in [0.29, 0.717) is 13.2 Å². The summed E-state index contributed by atoms with van der Waals surface area (Å²) in [7, 11) is 0. The van der Waals surface area contributed by atoms with Gasteiger partial charge in [0.25, 0.3) is 0 Å². The maximum Gasteiger partial charge on any atom is 0.119 e. The molecule has 90 valence electrons. The van der Waals surface area contributed by atoms with Gasteiger partial charge in [-0.25, -0.2) is 4.98 Å². The van der Waals surface area contributed by atoms with Crippen LogP contribution in [-0.4, -0.2) is 11.6 Å². The monoisotopic (exact) mass is 248 g/mol. The number of benzene rings is 1. The van der Waals surface area contributed by atoms with Gasteiger partial charge in [0.05, 0.1) is 12.3 Å². The van der Waals surface area contributed by atoms with Crippen molar-refractivity contribution < 1.29 is 4.74 Å². The minimum atomic E-state index is 0.559. The second kappa shape index (κ2) is 5.91. The van der Waals surface area contributed by atoms with Gasteiger partial charge in [-0.1, -0.05) is 18.2 Å². The molecule has 2 aromatic rings. The van der Waals surface area contributed by atoms with Crippen molar-refractivity contribution in [1.82, 2.24) is 4.98 Å². The second-order valence-electron chi connectivity index (χ2n) is 3.67. The zero-order valence-corrected chi connectivity index (χ0v) is 10.7. The molecule has 0 atom stereocenters. The van der Waals surface area contributed by atoms with Crippen LogP contribution in [0.15, 0.2) is 29.6 Å². The number of hydrogen-bond acceptors (Lipinski definition) is 4. The molecule has 0 radical (unpaired) electrons. The molecule has 0 aliphatic rings. The molecule has 3 nitrogen and oxygen atoms in total. The van der Waals surface area contributed by atoms with E-state index in [9.17, 15) is 0 Å². The summed E-state index contributed by atoms with van der Waals surface area (Å²) in [5, 5.41) is 3.07. The summed E-state index contributed by atoms with van der Waals surface area (Å²) >= 11 is 1.63. The molecule has 0 spiro atoms. The number of rotatable bonds is 5. The predicted octanol–water partition coefficient (Wildman–Crippen LogP) is 2.81. The number of thiazole rings is 1. The van der Waals surface area contributed by atoms with Gasteiger partial charge in [-0.2, -0.15) is 0 Å². The quantitative estimate of drug-likeness (QED) is 0.885. The largest absolute Gasteiger partial charge is 0.375 e. The normalized spacial score (nSPS) is 10.7. The Labute approximate surface area is 105 Å². The molecule has 0 saturated heterocycles. The minimum absolute atomic E-state index is 0.559. The van der Waals surface area contributed by atoms with E-state index < -0.39 is 0 Å². The van der Waals surface area contributed by atoms with Gasteiger partial charge in [0.1, 0.15) is 5.01 Å². The van der Waals surface area contributed by atoms with Crippen LogP contribution in [0.3, 0.4) is 0 Å². The van der Waals surface area contributed by atoms with Crippen LogP contribution in [0.25, 0.3) is 11.3 Å². The van der Waals surface area contributed by atoms with Crippen LogP contribution in [0.1, 0.15) is 17.5 Å². The van der Waals surface area contributed by atoms with E-state index in [2.05, 4.69) is 22.5 Å². The topological polar surface area (TPSA) is 48.1 Å². The third kappa shape index (κ3) is 3.12. The first-order chi connectivity index (χ1) is 8.33. The lowest BCUT2D eigenvalue weighted by Gasteiger charge is -2.00. The van der Waals surface area contributed by atoms with Crippen molar-refractivity contribution in [3.05, 3.63) is 40.2 Å². The molecule has 0 aliphatic heterocycles. The standard InChI is InChI=1S/C13H16N2OS/c1-2-16-8-13-15-12(9-17-13)11-5-3-4-10(6-11)7-14/h3-6,9H,2,7-8,14H2,1H3. The second-order valence-corrected chi connectivity index (χ2v) is 4.61. The molecule has 0 amide bonds. The molecule has 17 heavy (non-hydrogen) atoms. The van der Waals surface area contributed by atoms with Crippen molar-refractivity contribution in [2.24, 2.45) is 5.73 Å². The smallest absolute Gasteiger partial charge is 0.119 e. The highest BCUT2D eigenvalue weighted by Gasteiger charge is 2.04. The number of hydrogen-bond donors (Lipinski definition) is 1. The SMILES string of the molecule is CCOCc1nc(-c2cccc(CN)c2)cs1. The summed E-state index contributed by atoms with van der Waals surface area (Å²) < 4.78 is 5.34. The average molecular weight is 248 g/mol. The van der Waals surface area contributed by atoms with Gasteiger partial charge in [-0.15, -0.1) is 11.3 Å². The Kier molecular flexibility index (Phi) is 4.25. The molecule has 0 unspecified atom stereocenters. The molecule has 0 bridgehead atoms. The zero-order valence-electron chi connectivity index (χ0n) is 9.85. The number of ether oxygens (including phenoxy) is 1. The Hall–Kier alpha value is -1.23. The van der Waals surface area contributed by atoms with Crippen molar-refractivity contribution in [1.29, 1.82) is 0 Å². The van der Waals surface area contributed by atoms with Gasteiger partial charge in [-0.05, 0) is 18.6 Å². The van der Waals surface area contributed by atoms with Crippen molar-refractivity contribution in [3.8, 4) is 11.3 Å². The molecule has 4 heteroatoms. The van der Waals surface area contributed by atoms with Crippen LogP contribution in [0.4, 0.5) is 0 Å². The van der Waals surface area contributed by atoms with Gasteiger partial charge in [0.2, 0.25) is 0 Å². The van der Waals surface area contributed by atoms with Crippen molar-refractivity contribution in [2.75, 3.05) is 6.61 Å². The lowest BCUT2D eigenvalue weighted by Crippen LogP contribution is -1.96. The molecule has 1 aromatic carbocycles. The summed E-state index contributed by atoms with van der Waals surface area (Å²) in [6, 6.07) is 8.17. The third-order valence-corrected chi connectivity index (χ3v) is 3.26. The van der Waals surface area contributed by atoms with Gasteiger partial charge < -0.3 is 10.5 Å². The summed E-state index contributed by atoms with van der Waals surface area (Å²) in [6.07, 6.45) is 0. The molecule has 0 saturated carbocycles. The predicted molar refractivity (Wildman–Crippen MR) is 70.8 cm³/mol. The number of nitrogens with two attached hydrogens (primary N) is 1. The fraction of sp³-hybridized carbons (Fsp3) is 0.308. The zero-order chi connectivity index (χ0) is 12.1. The first-order valence-corrected chi connectivity index (χ1v) is 6.53. The van der Waals surface area contributed by atoms with E-state index in [4.69, 9.17) is 10.5 Å². The highest BCUT2D eigenvalue weighted by atomic mass is 32.1. The fourth-order valence-electron chi connectivity index (χ4n) is 1.56. The molecule has 2 rings (SSSR count). The van der Waals surface area contributed by atoms with E-state index in [0.717, 1.165) is 28.4 Å². The molecule has 1 aromatic heterocycles. The minimum Gasteiger partial charge on any atom is -0.375 e. The molecular weight excluding hydrogens is 232 g/mol. The lowest BCUT2D eigenvalue weighted by atomic mass is 10.1. The Bertz CT molecular complexity index is 482. The van der Waals surface area contributed by atoms with Crippen LogP contribution in [0, 0.1) is 0 Å². The molecule has 2 N–H and O–H groups in total. The molecule has 0 aliphatic carbocycles. The Morgan fingerprint density at radius 1 is 1.41 bits per heavy atom. The average Bonchev–Trinajstić information content (AvgIpc) is 2.85. The summed E-state index contributed by atoms with van der Waals surface area (Å²) in [5.74, 6) is 0. The van der Waals surface area contributed by atoms with Crippen molar-refractivity contribution >= 4 is 11.3 Å². The van der Waals surface area contributed by atoms with Gasteiger partial charge in [0, 0.05) is 24.1 Å². The van der Waals surface area contributed by atoms with E-state index in [1.807, 2.05) is 19.1 Å². The highest BCUT2D eigenvalue weighted by Crippen LogP contribution is 2.23. The van der Waals surface area contributed by atoms with E-state index >= 15 is 0 Å². The lowest BCUT2D eigenvalue weighted by molar-refractivity contribution is 0.134. The molecule has 0 fully saturated rings. The summed E-state index contributed by atoms with van der Waals surface area (Å²) in [5.41, 5.74) is 8.87. The summed E-state index contributed by atoms with van der Waals surface area (Å²) in [6.45, 7) is 3.86. The van der Waals surface area contributed by atoms with Gasteiger partial charge in [-0.3, -0.25) is 0 Å². The van der Waals surface area contributed by atoms with E-state index in [1.54, 1.807) is 11.3 Å². The van der Waals surface area contributed by atoms with E-state index in [-0.39, 0.29) is 0 Å². The van der Waals surface area contributed by atoms with Crippen molar-refractivity contribution in [2.45, 2.75) is 20.1 Å². The summed E-state index contributed by atoms with van der Waals surface area (Å²) in [4.78, 5) is 4.55. The van der Waals surface area contributed by atoms with Crippen LogP contribution < -0.4 is 5.73 Å². The first kappa shape index (κ1) is 12.2. The van der Waals surface area contributed by atoms with Gasteiger partial charge >= 0.3 is 0 Å². The Morgan fingerprint density at radius 3 is 3.06 bits per heavy atom. The highest BCUT2D eigenvalue weighted by molar-refractivity contribution is 7.09. The van der Waals surface area contributed by atoms with Crippen LogP contribution in [0.5, 0.6) is 0 Å². The first-order valence-electron chi connectivity index (χ1n) is 5.65. The van der Waals surface area contributed by atoms with Crippen LogP contribution >= 0.6 is 11.3 Å². The van der Waals surface area contributed by atoms with Crippen molar-refractivity contribution in [3.63, 3.8) is 0 Å². The maximum atomic E-state index is 5.63. The number of nitrogens with zero attached hydrogens (tertiary/aromatic N) is 1. The fourth-order valence-corrected chi connectivity index (χ4v) is 2.30.